The van der Waals surface area contributed by atoms with Crippen molar-refractivity contribution >= 4 is 0 Å². The van der Waals surface area contributed by atoms with Gasteiger partial charge in [0.15, 0.2) is 0 Å². The van der Waals surface area contributed by atoms with E-state index in [2.05, 4.69) is 23.5 Å². The summed E-state index contributed by atoms with van der Waals surface area (Å²) in [5.74, 6) is 0. The number of fused-ring (bicyclic) bond motifs is 1. The number of aryl methyl sites for hydroxylation is 2. The highest BCUT2D eigenvalue weighted by atomic mass is 16.3. The van der Waals surface area contributed by atoms with Crippen LogP contribution in [-0.4, -0.2) is 18.2 Å². The molecule has 1 aromatic carbocycles. The molecule has 86 valence electrons. The van der Waals surface area contributed by atoms with Crippen LogP contribution in [0, 0.1) is 0 Å². The Morgan fingerprint density at radius 1 is 1.12 bits per heavy atom. The van der Waals surface area contributed by atoms with E-state index in [1.165, 1.54) is 30.4 Å². The Morgan fingerprint density at radius 3 is 2.81 bits per heavy atom. The Balaban J connectivity index is 1.93. The second-order valence-electron chi connectivity index (χ2n) is 5.15. The SMILES string of the molecule is OC1(c2ccc3c(c2)CCC3)CCCNC1. The Bertz CT molecular complexity index is 394. The molecule has 2 aliphatic rings. The molecule has 0 aromatic heterocycles. The van der Waals surface area contributed by atoms with Gasteiger partial charge in [-0.05, 0) is 55.3 Å². The lowest BCUT2D eigenvalue weighted by Gasteiger charge is -2.33. The molecular formula is C14H19NO. The zero-order chi connectivity index (χ0) is 11.0. The minimum atomic E-state index is -0.629. The highest BCUT2D eigenvalue weighted by Crippen LogP contribution is 2.32. The lowest BCUT2D eigenvalue weighted by molar-refractivity contribution is 0.0122. The standard InChI is InChI=1S/C14H19NO/c16-14(7-2-8-15-10-14)13-6-5-11-3-1-4-12(11)9-13/h5-6,9,15-16H,1-4,7-8,10H2. The first kappa shape index (κ1) is 10.3. The Morgan fingerprint density at radius 2 is 2.00 bits per heavy atom. The number of hydrogen-bond donors (Lipinski definition) is 2. The van der Waals surface area contributed by atoms with Crippen LogP contribution in [0.1, 0.15) is 36.0 Å². The van der Waals surface area contributed by atoms with E-state index in [9.17, 15) is 5.11 Å². The molecule has 2 N–H and O–H groups in total. The van der Waals surface area contributed by atoms with Crippen molar-refractivity contribution in [2.75, 3.05) is 13.1 Å². The number of β-amino-alcohol motifs (C(OH)–C–C–N with tert-alkyl or cyclic N) is 1. The van der Waals surface area contributed by atoms with Crippen molar-refractivity contribution in [1.82, 2.24) is 5.32 Å². The smallest absolute Gasteiger partial charge is 0.102 e. The fraction of sp³-hybridized carbons (Fsp3) is 0.571. The molecular weight excluding hydrogens is 198 g/mol. The number of piperidine rings is 1. The van der Waals surface area contributed by atoms with Crippen molar-refractivity contribution in [3.8, 4) is 0 Å². The van der Waals surface area contributed by atoms with Crippen LogP contribution in [0.2, 0.25) is 0 Å². The molecule has 1 aliphatic carbocycles. The molecule has 0 bridgehead atoms. The second kappa shape index (κ2) is 3.86. The monoisotopic (exact) mass is 217 g/mol. The van der Waals surface area contributed by atoms with Crippen LogP contribution in [0.4, 0.5) is 0 Å². The first-order chi connectivity index (χ1) is 7.78. The quantitative estimate of drug-likeness (QED) is 0.751. The van der Waals surface area contributed by atoms with E-state index in [1.807, 2.05) is 0 Å². The lowest BCUT2D eigenvalue weighted by atomic mass is 9.85. The van der Waals surface area contributed by atoms with Gasteiger partial charge in [-0.3, -0.25) is 0 Å². The largest absolute Gasteiger partial charge is 0.384 e. The van der Waals surface area contributed by atoms with Gasteiger partial charge in [-0.2, -0.15) is 0 Å². The van der Waals surface area contributed by atoms with Gasteiger partial charge in [-0.1, -0.05) is 18.2 Å². The zero-order valence-electron chi connectivity index (χ0n) is 9.63. The number of benzene rings is 1. The summed E-state index contributed by atoms with van der Waals surface area (Å²) >= 11 is 0. The molecule has 1 aromatic rings. The molecule has 0 amide bonds. The maximum Gasteiger partial charge on any atom is 0.102 e. The van der Waals surface area contributed by atoms with Crippen LogP contribution >= 0.6 is 0 Å². The average Bonchev–Trinajstić information content (AvgIpc) is 2.77. The third-order valence-corrected chi connectivity index (χ3v) is 4.00. The van der Waals surface area contributed by atoms with Crippen molar-refractivity contribution < 1.29 is 5.11 Å². The van der Waals surface area contributed by atoms with Gasteiger partial charge < -0.3 is 10.4 Å². The number of hydrogen-bond acceptors (Lipinski definition) is 2. The number of nitrogens with one attached hydrogen (secondary N) is 1. The fourth-order valence-electron chi connectivity index (χ4n) is 3.00. The summed E-state index contributed by atoms with van der Waals surface area (Å²) in [6, 6.07) is 6.57. The summed E-state index contributed by atoms with van der Waals surface area (Å²) in [6.45, 7) is 1.74. The van der Waals surface area contributed by atoms with Crippen molar-refractivity contribution in [3.05, 3.63) is 34.9 Å². The van der Waals surface area contributed by atoms with Crippen molar-refractivity contribution in [3.63, 3.8) is 0 Å². The summed E-state index contributed by atoms with van der Waals surface area (Å²) in [6.07, 6.45) is 5.63. The van der Waals surface area contributed by atoms with Gasteiger partial charge in [0.25, 0.3) is 0 Å². The van der Waals surface area contributed by atoms with Gasteiger partial charge in [0, 0.05) is 6.54 Å². The minimum Gasteiger partial charge on any atom is -0.384 e. The van der Waals surface area contributed by atoms with Gasteiger partial charge >= 0.3 is 0 Å². The zero-order valence-corrected chi connectivity index (χ0v) is 9.63. The Kier molecular flexibility index (Phi) is 2.49. The van der Waals surface area contributed by atoms with Gasteiger partial charge in [-0.25, -0.2) is 0 Å². The molecule has 1 aliphatic heterocycles. The van der Waals surface area contributed by atoms with E-state index in [0.717, 1.165) is 24.9 Å². The molecule has 0 saturated carbocycles. The molecule has 1 unspecified atom stereocenters. The first-order valence-corrected chi connectivity index (χ1v) is 6.33. The van der Waals surface area contributed by atoms with Gasteiger partial charge in [-0.15, -0.1) is 0 Å². The van der Waals surface area contributed by atoms with E-state index in [4.69, 9.17) is 0 Å². The fourth-order valence-corrected chi connectivity index (χ4v) is 3.00. The number of rotatable bonds is 1. The van der Waals surface area contributed by atoms with Gasteiger partial charge in [0.05, 0.1) is 0 Å². The van der Waals surface area contributed by atoms with Crippen LogP contribution in [0.15, 0.2) is 18.2 Å². The molecule has 2 nitrogen and oxygen atoms in total. The van der Waals surface area contributed by atoms with E-state index < -0.39 is 5.60 Å². The average molecular weight is 217 g/mol. The van der Waals surface area contributed by atoms with E-state index in [0.29, 0.717) is 6.54 Å². The predicted octanol–water partition coefficient (Wildman–Crippen LogP) is 1.75. The summed E-state index contributed by atoms with van der Waals surface area (Å²) in [5.41, 5.74) is 3.42. The highest BCUT2D eigenvalue weighted by molar-refractivity contribution is 5.38. The summed E-state index contributed by atoms with van der Waals surface area (Å²) in [5, 5.41) is 13.9. The van der Waals surface area contributed by atoms with Crippen LogP contribution in [-0.2, 0) is 18.4 Å². The first-order valence-electron chi connectivity index (χ1n) is 6.33. The number of aliphatic hydroxyl groups is 1. The third-order valence-electron chi connectivity index (χ3n) is 4.00. The minimum absolute atomic E-state index is 0.629. The van der Waals surface area contributed by atoms with Gasteiger partial charge in [0.1, 0.15) is 5.60 Å². The maximum absolute atomic E-state index is 10.6. The molecule has 2 heteroatoms. The van der Waals surface area contributed by atoms with Crippen LogP contribution in [0.5, 0.6) is 0 Å². The Hall–Kier alpha value is -0.860. The van der Waals surface area contributed by atoms with E-state index in [1.54, 1.807) is 0 Å². The van der Waals surface area contributed by atoms with E-state index in [-0.39, 0.29) is 0 Å². The summed E-state index contributed by atoms with van der Waals surface area (Å²) in [4.78, 5) is 0. The summed E-state index contributed by atoms with van der Waals surface area (Å²) < 4.78 is 0. The van der Waals surface area contributed by atoms with Crippen LogP contribution in [0.25, 0.3) is 0 Å². The molecule has 1 fully saturated rings. The Labute approximate surface area is 96.7 Å². The molecule has 1 atom stereocenters. The highest BCUT2D eigenvalue weighted by Gasteiger charge is 2.31. The molecule has 1 heterocycles. The van der Waals surface area contributed by atoms with Crippen LogP contribution in [0.3, 0.4) is 0 Å². The maximum atomic E-state index is 10.6. The van der Waals surface area contributed by atoms with Gasteiger partial charge in [0.2, 0.25) is 0 Å². The topological polar surface area (TPSA) is 32.3 Å². The summed E-state index contributed by atoms with van der Waals surface area (Å²) in [7, 11) is 0. The molecule has 3 rings (SSSR count). The lowest BCUT2D eigenvalue weighted by Crippen LogP contribution is -2.43. The molecule has 1 saturated heterocycles. The molecule has 16 heavy (non-hydrogen) atoms. The predicted molar refractivity (Wildman–Crippen MR) is 64.5 cm³/mol. The van der Waals surface area contributed by atoms with Crippen molar-refractivity contribution in [2.24, 2.45) is 0 Å². The normalized spacial score (nSPS) is 29.1. The second-order valence-corrected chi connectivity index (χ2v) is 5.15. The third kappa shape index (κ3) is 1.66. The van der Waals surface area contributed by atoms with Crippen molar-refractivity contribution in [1.29, 1.82) is 0 Å². The van der Waals surface area contributed by atoms with E-state index >= 15 is 0 Å². The van der Waals surface area contributed by atoms with Crippen molar-refractivity contribution in [2.45, 2.75) is 37.7 Å². The van der Waals surface area contributed by atoms with Crippen LogP contribution < -0.4 is 5.32 Å². The molecule has 0 spiro atoms. The molecule has 0 radical (unpaired) electrons.